The zero-order valence-electron chi connectivity index (χ0n) is 16.7. The van der Waals surface area contributed by atoms with Crippen molar-refractivity contribution in [2.75, 3.05) is 0 Å². The molecule has 2 heterocycles. The number of aliphatic imine (C=N–C) groups is 1. The van der Waals surface area contributed by atoms with Gasteiger partial charge in [-0.15, -0.1) is 0 Å². The van der Waals surface area contributed by atoms with Crippen molar-refractivity contribution in [3.05, 3.63) is 87.0 Å². The van der Waals surface area contributed by atoms with Crippen molar-refractivity contribution in [1.82, 2.24) is 9.55 Å². The molecule has 7 heteroatoms. The predicted molar refractivity (Wildman–Crippen MR) is 113 cm³/mol. The third-order valence-corrected chi connectivity index (χ3v) is 5.80. The van der Waals surface area contributed by atoms with Crippen LogP contribution >= 0.6 is 0 Å². The predicted octanol–water partition coefficient (Wildman–Crippen LogP) is 4.77. The van der Waals surface area contributed by atoms with Crippen LogP contribution < -0.4 is 0 Å². The van der Waals surface area contributed by atoms with Crippen LogP contribution in [0.25, 0.3) is 5.69 Å². The van der Waals surface area contributed by atoms with Crippen molar-refractivity contribution in [2.45, 2.75) is 38.6 Å². The number of nitro groups is 1. The highest BCUT2D eigenvalue weighted by Gasteiger charge is 2.31. The molecule has 7 nitrogen and oxygen atoms in total. The van der Waals surface area contributed by atoms with Gasteiger partial charge in [0.25, 0.3) is 5.69 Å². The zero-order valence-corrected chi connectivity index (χ0v) is 16.7. The summed E-state index contributed by atoms with van der Waals surface area (Å²) in [4.78, 5) is 32.8. The molecule has 1 aromatic heterocycles. The molecular weight excluding hydrogens is 380 g/mol. The first kappa shape index (κ1) is 18.4. The van der Waals surface area contributed by atoms with Gasteiger partial charge in [-0.05, 0) is 49.4 Å². The van der Waals surface area contributed by atoms with Crippen LogP contribution in [0.3, 0.4) is 0 Å². The molecule has 1 saturated carbocycles. The molecule has 1 fully saturated rings. The van der Waals surface area contributed by atoms with Gasteiger partial charge in [-0.3, -0.25) is 24.5 Å². The molecule has 1 atom stereocenters. The lowest BCUT2D eigenvalue weighted by Crippen LogP contribution is -2.10. The number of nitro benzene ring substituents is 1. The summed E-state index contributed by atoms with van der Waals surface area (Å²) in [5.41, 5.74) is 5.02. The third kappa shape index (κ3) is 2.85. The molecule has 0 radical (unpaired) electrons. The standard InChI is InChI=1S/C23H20N4O3/c1-13-23-21(14(2)28)24-12-26(23)19-10-9-16(15-7-8-15)11-18(19)22(25-13)17-5-3-4-6-20(17)27(29)30/h3-6,9-13,15H,7-8H2,1-2H3/t13-/m0/s1. The van der Waals surface area contributed by atoms with Crippen molar-refractivity contribution in [3.8, 4) is 5.69 Å². The molecule has 0 bridgehead atoms. The second-order valence-corrected chi connectivity index (χ2v) is 7.88. The number of para-hydroxylation sites is 1. The Hall–Kier alpha value is -3.61. The SMILES string of the molecule is CC(=O)c1ncn2c1[C@H](C)N=C(c1ccccc1[N+](=O)[O-])c1cc(C3CC3)ccc1-2. The maximum atomic E-state index is 12.2. The summed E-state index contributed by atoms with van der Waals surface area (Å²) in [5.74, 6) is 0.397. The summed E-state index contributed by atoms with van der Waals surface area (Å²) < 4.78 is 1.90. The number of hydrogen-bond acceptors (Lipinski definition) is 5. The van der Waals surface area contributed by atoms with Gasteiger partial charge in [0, 0.05) is 18.6 Å². The summed E-state index contributed by atoms with van der Waals surface area (Å²) in [6.07, 6.45) is 3.95. The highest BCUT2D eigenvalue weighted by atomic mass is 16.6. The number of Topliss-reactive ketones (excluding diaryl/α,β-unsaturated/α-hetero) is 1. The van der Waals surface area contributed by atoms with E-state index in [4.69, 9.17) is 4.99 Å². The number of carbonyl (C=O) groups is 1. The summed E-state index contributed by atoms with van der Waals surface area (Å²) >= 11 is 0. The molecule has 0 unspecified atom stereocenters. The summed E-state index contributed by atoms with van der Waals surface area (Å²) in [7, 11) is 0. The van der Waals surface area contributed by atoms with E-state index < -0.39 is 6.04 Å². The highest BCUT2D eigenvalue weighted by Crippen LogP contribution is 2.42. The van der Waals surface area contributed by atoms with Gasteiger partial charge in [-0.1, -0.05) is 18.2 Å². The van der Waals surface area contributed by atoms with Gasteiger partial charge < -0.3 is 0 Å². The van der Waals surface area contributed by atoms with Crippen molar-refractivity contribution in [3.63, 3.8) is 0 Å². The van der Waals surface area contributed by atoms with E-state index in [2.05, 4.69) is 17.1 Å². The van der Waals surface area contributed by atoms with Crippen molar-refractivity contribution >= 4 is 17.2 Å². The molecule has 0 amide bonds. The fourth-order valence-electron chi connectivity index (χ4n) is 4.22. The van der Waals surface area contributed by atoms with E-state index in [1.54, 1.807) is 24.5 Å². The monoisotopic (exact) mass is 400 g/mol. The van der Waals surface area contributed by atoms with Gasteiger partial charge in [-0.25, -0.2) is 4.98 Å². The lowest BCUT2D eigenvalue weighted by Gasteiger charge is -2.14. The van der Waals surface area contributed by atoms with Gasteiger partial charge in [0.15, 0.2) is 5.78 Å². The number of aromatic nitrogens is 2. The number of nitrogens with zero attached hydrogens (tertiary/aromatic N) is 4. The largest absolute Gasteiger partial charge is 0.300 e. The average Bonchev–Trinajstić information content (AvgIpc) is 3.50. The molecule has 3 aromatic rings. The van der Waals surface area contributed by atoms with Crippen molar-refractivity contribution in [2.24, 2.45) is 4.99 Å². The van der Waals surface area contributed by atoms with Crippen molar-refractivity contribution in [1.29, 1.82) is 0 Å². The van der Waals surface area contributed by atoms with Crippen LogP contribution in [0, 0.1) is 10.1 Å². The smallest absolute Gasteiger partial charge is 0.278 e. The van der Waals surface area contributed by atoms with E-state index in [1.807, 2.05) is 17.6 Å². The first-order chi connectivity index (χ1) is 14.5. The Labute approximate surface area is 173 Å². The number of fused-ring (bicyclic) bond motifs is 3. The van der Waals surface area contributed by atoms with Crippen LogP contribution in [0.4, 0.5) is 5.69 Å². The minimum atomic E-state index is -0.391. The minimum Gasteiger partial charge on any atom is -0.300 e. The number of ketones is 1. The summed E-state index contributed by atoms with van der Waals surface area (Å²) in [6, 6.07) is 12.5. The summed E-state index contributed by atoms with van der Waals surface area (Å²) in [5, 5.41) is 11.7. The molecule has 150 valence electrons. The Morgan fingerprint density at radius 2 is 1.93 bits per heavy atom. The van der Waals surface area contributed by atoms with E-state index in [0.29, 0.717) is 28.6 Å². The number of imidazole rings is 1. The lowest BCUT2D eigenvalue weighted by atomic mass is 9.96. The molecule has 2 aliphatic rings. The Morgan fingerprint density at radius 1 is 1.17 bits per heavy atom. The Bertz CT molecular complexity index is 1240. The van der Waals surface area contributed by atoms with Gasteiger partial charge in [0.1, 0.15) is 12.0 Å². The molecule has 1 aliphatic heterocycles. The number of hydrogen-bond donors (Lipinski definition) is 0. The maximum absolute atomic E-state index is 12.2. The lowest BCUT2D eigenvalue weighted by molar-refractivity contribution is -0.385. The van der Waals surface area contributed by atoms with Crippen LogP contribution in [0.15, 0.2) is 53.8 Å². The number of benzene rings is 2. The van der Waals surface area contributed by atoms with Gasteiger partial charge >= 0.3 is 0 Å². The molecule has 2 aromatic carbocycles. The van der Waals surface area contributed by atoms with Crippen LogP contribution in [0.1, 0.15) is 71.5 Å². The van der Waals surface area contributed by atoms with Crippen LogP contribution in [0.5, 0.6) is 0 Å². The topological polar surface area (TPSA) is 90.4 Å². The Balaban J connectivity index is 1.82. The molecule has 5 rings (SSSR count). The van der Waals surface area contributed by atoms with Crippen molar-refractivity contribution < 1.29 is 9.72 Å². The Morgan fingerprint density at radius 3 is 2.63 bits per heavy atom. The van der Waals surface area contributed by atoms with Crippen LogP contribution in [0.2, 0.25) is 0 Å². The molecular formula is C23H20N4O3. The van der Waals surface area contributed by atoms with E-state index >= 15 is 0 Å². The van der Waals surface area contributed by atoms with E-state index in [0.717, 1.165) is 24.1 Å². The second-order valence-electron chi connectivity index (χ2n) is 7.88. The Kier molecular flexibility index (Phi) is 4.13. The molecule has 30 heavy (non-hydrogen) atoms. The first-order valence-corrected chi connectivity index (χ1v) is 10.00. The van der Waals surface area contributed by atoms with E-state index in [1.165, 1.54) is 18.6 Å². The van der Waals surface area contributed by atoms with E-state index in [-0.39, 0.29) is 16.4 Å². The fourth-order valence-corrected chi connectivity index (χ4v) is 4.22. The normalized spacial score (nSPS) is 17.5. The van der Waals surface area contributed by atoms with Crippen LogP contribution in [-0.4, -0.2) is 26.0 Å². The first-order valence-electron chi connectivity index (χ1n) is 10.00. The van der Waals surface area contributed by atoms with Gasteiger partial charge in [0.2, 0.25) is 0 Å². The number of rotatable bonds is 4. The van der Waals surface area contributed by atoms with Gasteiger partial charge in [0.05, 0.1) is 33.6 Å². The summed E-state index contributed by atoms with van der Waals surface area (Å²) in [6.45, 7) is 3.38. The minimum absolute atomic E-state index is 0.0164. The average molecular weight is 400 g/mol. The fraction of sp³-hybridized carbons (Fsp3) is 0.261. The zero-order chi connectivity index (χ0) is 21.0. The molecule has 1 aliphatic carbocycles. The number of carbonyl (C=O) groups excluding carboxylic acids is 1. The highest BCUT2D eigenvalue weighted by molar-refractivity contribution is 6.17. The third-order valence-electron chi connectivity index (χ3n) is 5.80. The van der Waals surface area contributed by atoms with Gasteiger partial charge in [-0.2, -0.15) is 0 Å². The molecule has 0 saturated heterocycles. The molecule has 0 N–H and O–H groups in total. The second kappa shape index (κ2) is 6.73. The van der Waals surface area contributed by atoms with E-state index in [9.17, 15) is 14.9 Å². The van der Waals surface area contributed by atoms with Crippen LogP contribution in [-0.2, 0) is 0 Å². The maximum Gasteiger partial charge on any atom is 0.278 e. The quantitative estimate of drug-likeness (QED) is 0.358. The molecule has 0 spiro atoms.